The molecule has 0 spiro atoms. The summed E-state index contributed by atoms with van der Waals surface area (Å²) in [5, 5.41) is 9.62. The third-order valence-corrected chi connectivity index (χ3v) is 2.32. The summed E-state index contributed by atoms with van der Waals surface area (Å²) in [6, 6.07) is 0. The maximum absolute atomic E-state index is 11.1. The van der Waals surface area contributed by atoms with Crippen molar-refractivity contribution in [2.24, 2.45) is 0 Å². The highest BCUT2D eigenvalue weighted by Gasteiger charge is 2.46. The second kappa shape index (κ2) is 6.48. The molecule has 1 heterocycles. The van der Waals surface area contributed by atoms with E-state index in [0.717, 1.165) is 13.8 Å². The van der Waals surface area contributed by atoms with Crippen LogP contribution in [-0.4, -0.2) is 54.2 Å². The van der Waals surface area contributed by atoms with Crippen molar-refractivity contribution in [2.75, 3.05) is 6.61 Å². The third-order valence-electron chi connectivity index (χ3n) is 2.32. The Bertz CT molecular complexity index is 366. The average Bonchev–Trinajstić information content (AvgIpc) is 2.25. The lowest BCUT2D eigenvalue weighted by Gasteiger charge is -2.38. The van der Waals surface area contributed by atoms with E-state index in [-0.39, 0.29) is 6.61 Å². The average molecular weight is 276 g/mol. The predicted molar refractivity (Wildman–Crippen MR) is 58.6 cm³/mol. The number of carbonyl (C=O) groups is 3. The first-order valence-corrected chi connectivity index (χ1v) is 5.62. The molecule has 1 N–H and O–H groups in total. The van der Waals surface area contributed by atoms with Gasteiger partial charge in [-0.1, -0.05) is 0 Å². The Kier molecular flexibility index (Phi) is 5.25. The van der Waals surface area contributed by atoms with Crippen LogP contribution in [0.5, 0.6) is 0 Å². The van der Waals surface area contributed by atoms with Gasteiger partial charge in [0.1, 0.15) is 0 Å². The minimum absolute atomic E-state index is 0.170. The normalized spacial score (nSPS) is 30.3. The van der Waals surface area contributed by atoms with Gasteiger partial charge in [0.05, 0.1) is 6.61 Å². The monoisotopic (exact) mass is 276 g/mol. The summed E-state index contributed by atoms with van der Waals surface area (Å²) in [5.41, 5.74) is 0. The van der Waals surface area contributed by atoms with E-state index in [4.69, 9.17) is 18.9 Å². The molecule has 108 valence electrons. The summed E-state index contributed by atoms with van der Waals surface area (Å²) < 4.78 is 19.6. The van der Waals surface area contributed by atoms with Crippen molar-refractivity contribution >= 4 is 17.9 Å². The van der Waals surface area contributed by atoms with E-state index < -0.39 is 42.5 Å². The van der Waals surface area contributed by atoms with Gasteiger partial charge in [-0.2, -0.15) is 0 Å². The van der Waals surface area contributed by atoms with Crippen LogP contribution >= 0.6 is 0 Å². The number of carbonyl (C=O) groups excluding carboxylic acids is 3. The predicted octanol–water partition coefficient (Wildman–Crippen LogP) is -0.870. The molecule has 0 aromatic heterocycles. The number of hydrogen-bond acceptors (Lipinski definition) is 8. The molecule has 8 heteroatoms. The molecular formula is C11H16O8. The Labute approximate surface area is 109 Å². The van der Waals surface area contributed by atoms with Crippen LogP contribution in [0.2, 0.25) is 0 Å². The molecule has 4 atom stereocenters. The summed E-state index contributed by atoms with van der Waals surface area (Å²) in [4.78, 5) is 33.0. The fourth-order valence-electron chi connectivity index (χ4n) is 1.72. The van der Waals surface area contributed by atoms with E-state index >= 15 is 0 Å². The van der Waals surface area contributed by atoms with Crippen LogP contribution < -0.4 is 0 Å². The van der Waals surface area contributed by atoms with Crippen LogP contribution in [0.1, 0.15) is 20.8 Å². The highest BCUT2D eigenvalue weighted by molar-refractivity contribution is 5.68. The fourth-order valence-corrected chi connectivity index (χ4v) is 1.72. The zero-order valence-corrected chi connectivity index (χ0v) is 10.8. The van der Waals surface area contributed by atoms with Gasteiger partial charge < -0.3 is 24.1 Å². The molecule has 0 aromatic carbocycles. The zero-order chi connectivity index (χ0) is 14.6. The van der Waals surface area contributed by atoms with E-state index in [1.54, 1.807) is 0 Å². The highest BCUT2D eigenvalue weighted by Crippen LogP contribution is 2.23. The van der Waals surface area contributed by atoms with Crippen molar-refractivity contribution < 1.29 is 38.4 Å². The Hall–Kier alpha value is -1.67. The number of aliphatic hydroxyl groups is 1. The Morgan fingerprint density at radius 2 is 1.42 bits per heavy atom. The fraction of sp³-hybridized carbons (Fsp3) is 0.727. The molecule has 8 nitrogen and oxygen atoms in total. The van der Waals surface area contributed by atoms with Gasteiger partial charge in [0, 0.05) is 20.8 Å². The van der Waals surface area contributed by atoms with Gasteiger partial charge in [-0.3, -0.25) is 14.4 Å². The van der Waals surface area contributed by atoms with Gasteiger partial charge in [-0.25, -0.2) is 0 Å². The van der Waals surface area contributed by atoms with Gasteiger partial charge in [0.15, 0.2) is 24.6 Å². The van der Waals surface area contributed by atoms with E-state index in [1.165, 1.54) is 6.92 Å². The first-order valence-electron chi connectivity index (χ1n) is 5.62. The van der Waals surface area contributed by atoms with E-state index in [9.17, 15) is 19.5 Å². The van der Waals surface area contributed by atoms with Gasteiger partial charge in [-0.15, -0.1) is 0 Å². The van der Waals surface area contributed by atoms with Crippen molar-refractivity contribution in [1.29, 1.82) is 0 Å². The molecule has 1 rings (SSSR count). The van der Waals surface area contributed by atoms with Crippen molar-refractivity contribution in [2.45, 2.75) is 45.4 Å². The smallest absolute Gasteiger partial charge is 0.303 e. The lowest BCUT2D eigenvalue weighted by molar-refractivity contribution is -0.267. The quantitative estimate of drug-likeness (QED) is 0.523. The SMILES string of the molecule is CC(=O)OC1CO[C@@H](O)C(OC(C)=O)[C@H]1OC(C)=O. The minimum Gasteiger partial charge on any atom is -0.456 e. The van der Waals surface area contributed by atoms with Gasteiger partial charge in [-0.05, 0) is 0 Å². The first kappa shape index (κ1) is 15.4. The van der Waals surface area contributed by atoms with Gasteiger partial charge in [0.2, 0.25) is 0 Å². The van der Waals surface area contributed by atoms with Crippen molar-refractivity contribution in [3.05, 3.63) is 0 Å². The lowest BCUT2D eigenvalue weighted by atomic mass is 10.0. The van der Waals surface area contributed by atoms with E-state index in [0.29, 0.717) is 0 Å². The molecule has 1 saturated heterocycles. The van der Waals surface area contributed by atoms with Crippen LogP contribution in [0.4, 0.5) is 0 Å². The Morgan fingerprint density at radius 1 is 0.947 bits per heavy atom. The van der Waals surface area contributed by atoms with Crippen LogP contribution in [0.3, 0.4) is 0 Å². The highest BCUT2D eigenvalue weighted by atomic mass is 16.7. The lowest BCUT2D eigenvalue weighted by Crippen LogP contribution is -2.57. The van der Waals surface area contributed by atoms with Crippen LogP contribution in [0.15, 0.2) is 0 Å². The topological polar surface area (TPSA) is 108 Å². The van der Waals surface area contributed by atoms with Crippen molar-refractivity contribution in [3.63, 3.8) is 0 Å². The van der Waals surface area contributed by atoms with Gasteiger partial charge in [0.25, 0.3) is 0 Å². The number of esters is 3. The largest absolute Gasteiger partial charge is 0.456 e. The number of aliphatic hydroxyl groups excluding tert-OH is 1. The maximum atomic E-state index is 11.1. The third kappa shape index (κ3) is 4.49. The molecule has 19 heavy (non-hydrogen) atoms. The number of ether oxygens (including phenoxy) is 4. The van der Waals surface area contributed by atoms with Crippen molar-refractivity contribution in [1.82, 2.24) is 0 Å². The van der Waals surface area contributed by atoms with Gasteiger partial charge >= 0.3 is 17.9 Å². The van der Waals surface area contributed by atoms with Crippen molar-refractivity contribution in [3.8, 4) is 0 Å². The molecule has 1 aliphatic heterocycles. The second-order valence-electron chi connectivity index (χ2n) is 4.02. The standard InChI is InChI=1S/C11H16O8/c1-5(12)17-8-4-16-11(15)10(19-7(3)14)9(8)18-6(2)13/h8-11,15H,4H2,1-3H3/t8?,9-,10?,11+/m0/s1. The summed E-state index contributed by atoms with van der Waals surface area (Å²) in [6.07, 6.45) is -4.78. The first-order chi connectivity index (χ1) is 8.81. The molecule has 1 aliphatic rings. The summed E-state index contributed by atoms with van der Waals surface area (Å²) in [7, 11) is 0. The second-order valence-corrected chi connectivity index (χ2v) is 4.02. The van der Waals surface area contributed by atoms with E-state index in [2.05, 4.69) is 0 Å². The maximum Gasteiger partial charge on any atom is 0.303 e. The molecule has 0 aromatic rings. The Balaban J connectivity index is 2.89. The molecule has 0 amide bonds. The summed E-state index contributed by atoms with van der Waals surface area (Å²) in [6.45, 7) is 3.29. The molecule has 2 unspecified atom stereocenters. The number of hydrogen-bond donors (Lipinski definition) is 1. The molecular weight excluding hydrogens is 260 g/mol. The van der Waals surface area contributed by atoms with E-state index in [1.807, 2.05) is 0 Å². The molecule has 0 bridgehead atoms. The van der Waals surface area contributed by atoms with Crippen LogP contribution in [0.25, 0.3) is 0 Å². The number of rotatable bonds is 3. The zero-order valence-electron chi connectivity index (χ0n) is 10.8. The molecule has 0 aliphatic carbocycles. The molecule has 0 radical (unpaired) electrons. The molecule has 1 fully saturated rings. The summed E-state index contributed by atoms with van der Waals surface area (Å²) in [5.74, 6) is -1.95. The van der Waals surface area contributed by atoms with Crippen LogP contribution in [0, 0.1) is 0 Å². The Morgan fingerprint density at radius 3 is 1.89 bits per heavy atom. The van der Waals surface area contributed by atoms with Crippen LogP contribution in [-0.2, 0) is 33.3 Å². The molecule has 0 saturated carbocycles. The minimum atomic E-state index is -1.46. The summed E-state index contributed by atoms with van der Waals surface area (Å²) >= 11 is 0.